The number of hydrogen-bond acceptors (Lipinski definition) is 5. The van der Waals surface area contributed by atoms with Crippen molar-refractivity contribution in [2.24, 2.45) is 7.05 Å². The lowest BCUT2D eigenvalue weighted by atomic mass is 9.99. The van der Waals surface area contributed by atoms with Crippen molar-refractivity contribution >= 4 is 32.2 Å². The first-order valence-electron chi connectivity index (χ1n) is 10.2. The molecular formula is C23H19F3N4O3S. The van der Waals surface area contributed by atoms with Crippen LogP contribution in [0.5, 0.6) is 0 Å². The number of aryl methyl sites for hydroxylation is 1. The van der Waals surface area contributed by atoms with Gasteiger partial charge < -0.3 is 14.5 Å². The maximum Gasteiger partial charge on any atom is 0.417 e. The number of alkyl halides is 3. The Labute approximate surface area is 192 Å². The average molecular weight is 488 g/mol. The van der Waals surface area contributed by atoms with Crippen LogP contribution in [0.25, 0.3) is 22.0 Å². The molecule has 3 aromatic heterocycles. The Bertz CT molecular complexity index is 1600. The first-order valence-corrected chi connectivity index (χ1v) is 12.3. The molecule has 4 aromatic rings. The summed E-state index contributed by atoms with van der Waals surface area (Å²) in [5, 5.41) is 0.690. The standard InChI is InChI=1S/C23H19F3N4O3S/c1-29-11-17-16-7-13(12-34(2,32)33)3-5-18(16)30(10-14-8-28-21(20(14)17)22(29)31)19-6-4-15(9-27-19)23(24,25)26/h3-9,11,28H,10,12H2,1-2H3. The first kappa shape index (κ1) is 22.2. The van der Waals surface area contributed by atoms with Crippen LogP contribution in [0.2, 0.25) is 0 Å². The maximum absolute atomic E-state index is 13.1. The normalized spacial score (nSPS) is 13.7. The van der Waals surface area contributed by atoms with E-state index in [-0.39, 0.29) is 17.9 Å². The molecule has 176 valence electrons. The van der Waals surface area contributed by atoms with Gasteiger partial charge in [-0.25, -0.2) is 13.4 Å². The van der Waals surface area contributed by atoms with Gasteiger partial charge in [-0.1, -0.05) is 6.07 Å². The highest BCUT2D eigenvalue weighted by Crippen LogP contribution is 2.43. The second-order valence-corrected chi connectivity index (χ2v) is 10.6. The van der Waals surface area contributed by atoms with E-state index < -0.39 is 21.6 Å². The minimum Gasteiger partial charge on any atom is -0.356 e. The van der Waals surface area contributed by atoms with Gasteiger partial charge in [-0.15, -0.1) is 0 Å². The molecule has 1 aromatic carbocycles. The molecule has 0 fully saturated rings. The lowest BCUT2D eigenvalue weighted by Gasteiger charge is -2.25. The van der Waals surface area contributed by atoms with E-state index in [4.69, 9.17) is 0 Å². The van der Waals surface area contributed by atoms with Crippen molar-refractivity contribution in [1.82, 2.24) is 14.5 Å². The van der Waals surface area contributed by atoms with Crippen molar-refractivity contribution in [3.05, 3.63) is 76.0 Å². The predicted octanol–water partition coefficient (Wildman–Crippen LogP) is 4.14. The van der Waals surface area contributed by atoms with Crippen LogP contribution in [0.4, 0.5) is 24.7 Å². The molecule has 5 rings (SSSR count). The van der Waals surface area contributed by atoms with Crippen molar-refractivity contribution < 1.29 is 21.6 Å². The fraction of sp³-hybridized carbons (Fsp3) is 0.217. The summed E-state index contributed by atoms with van der Waals surface area (Å²) in [6, 6.07) is 7.44. The third-order valence-electron chi connectivity index (χ3n) is 5.84. The van der Waals surface area contributed by atoms with E-state index in [1.807, 2.05) is 0 Å². The zero-order valence-electron chi connectivity index (χ0n) is 18.1. The zero-order chi connectivity index (χ0) is 24.4. The number of aromatic amines is 1. The number of hydrogen-bond donors (Lipinski definition) is 1. The van der Waals surface area contributed by atoms with Crippen LogP contribution in [-0.2, 0) is 35.4 Å². The van der Waals surface area contributed by atoms with E-state index in [2.05, 4.69) is 9.97 Å². The number of rotatable bonds is 3. The van der Waals surface area contributed by atoms with Crippen molar-refractivity contribution in [2.75, 3.05) is 11.2 Å². The largest absolute Gasteiger partial charge is 0.417 e. The summed E-state index contributed by atoms with van der Waals surface area (Å²) in [4.78, 5) is 21.6. The number of pyridine rings is 2. The fourth-order valence-electron chi connectivity index (χ4n) is 4.36. The molecule has 4 heterocycles. The molecule has 0 unspecified atom stereocenters. The molecule has 0 atom stereocenters. The van der Waals surface area contributed by atoms with Crippen molar-refractivity contribution in [2.45, 2.75) is 18.5 Å². The molecule has 1 N–H and O–H groups in total. The van der Waals surface area contributed by atoms with Gasteiger partial charge in [0.15, 0.2) is 9.84 Å². The molecule has 0 amide bonds. The van der Waals surface area contributed by atoms with E-state index >= 15 is 0 Å². The number of aromatic nitrogens is 3. The van der Waals surface area contributed by atoms with Crippen molar-refractivity contribution in [3.8, 4) is 11.1 Å². The highest BCUT2D eigenvalue weighted by Gasteiger charge is 2.32. The molecular weight excluding hydrogens is 469 g/mol. The second-order valence-electron chi connectivity index (χ2n) is 8.43. The Balaban J connectivity index is 1.76. The Morgan fingerprint density at radius 1 is 1.15 bits per heavy atom. The van der Waals surface area contributed by atoms with Crippen molar-refractivity contribution in [1.29, 1.82) is 0 Å². The molecule has 0 spiro atoms. The maximum atomic E-state index is 13.1. The quantitative estimate of drug-likeness (QED) is 0.468. The Morgan fingerprint density at radius 2 is 1.91 bits per heavy atom. The summed E-state index contributed by atoms with van der Waals surface area (Å²) in [5.41, 5.74) is 2.66. The van der Waals surface area contributed by atoms with Gasteiger partial charge in [0.05, 0.1) is 23.5 Å². The van der Waals surface area contributed by atoms with Crippen LogP contribution in [0.15, 0.2) is 53.7 Å². The highest BCUT2D eigenvalue weighted by atomic mass is 32.2. The molecule has 0 bridgehead atoms. The zero-order valence-corrected chi connectivity index (χ0v) is 19.0. The highest BCUT2D eigenvalue weighted by molar-refractivity contribution is 7.89. The van der Waals surface area contributed by atoms with Gasteiger partial charge in [-0.3, -0.25) is 4.79 Å². The van der Waals surface area contributed by atoms with E-state index in [9.17, 15) is 26.4 Å². The molecule has 34 heavy (non-hydrogen) atoms. The Hall–Kier alpha value is -3.60. The number of fused-ring (bicyclic) bond motifs is 2. The summed E-state index contributed by atoms with van der Waals surface area (Å²) in [6.07, 6.45) is 0.815. The van der Waals surface area contributed by atoms with Crippen LogP contribution in [-0.4, -0.2) is 29.2 Å². The molecule has 1 aliphatic rings. The molecule has 0 radical (unpaired) electrons. The van der Waals surface area contributed by atoms with Gasteiger partial charge in [-0.2, -0.15) is 13.2 Å². The molecule has 0 saturated heterocycles. The van der Waals surface area contributed by atoms with Gasteiger partial charge in [-0.05, 0) is 35.4 Å². The third-order valence-corrected chi connectivity index (χ3v) is 6.70. The minimum absolute atomic E-state index is 0.173. The van der Waals surface area contributed by atoms with Gasteiger partial charge in [0.25, 0.3) is 5.56 Å². The monoisotopic (exact) mass is 488 g/mol. The van der Waals surface area contributed by atoms with Crippen molar-refractivity contribution in [3.63, 3.8) is 0 Å². The van der Waals surface area contributed by atoms with Gasteiger partial charge in [0.1, 0.15) is 11.3 Å². The van der Waals surface area contributed by atoms with Gasteiger partial charge >= 0.3 is 6.18 Å². The van der Waals surface area contributed by atoms with Crippen LogP contribution >= 0.6 is 0 Å². The van der Waals surface area contributed by atoms with E-state index in [0.717, 1.165) is 24.1 Å². The number of benzene rings is 1. The molecule has 7 nitrogen and oxygen atoms in total. The lowest BCUT2D eigenvalue weighted by Crippen LogP contribution is -2.18. The summed E-state index contributed by atoms with van der Waals surface area (Å²) >= 11 is 0. The van der Waals surface area contributed by atoms with E-state index in [0.29, 0.717) is 39.1 Å². The lowest BCUT2D eigenvalue weighted by molar-refractivity contribution is -0.137. The van der Waals surface area contributed by atoms with Crippen LogP contribution < -0.4 is 10.5 Å². The Kier molecular flexibility index (Phi) is 4.87. The number of nitrogens with zero attached hydrogens (tertiary/aromatic N) is 3. The number of H-pyrrole nitrogens is 1. The van der Waals surface area contributed by atoms with Gasteiger partial charge in [0, 0.05) is 48.4 Å². The van der Waals surface area contributed by atoms with E-state index in [1.54, 1.807) is 42.5 Å². The summed E-state index contributed by atoms with van der Waals surface area (Å²) < 4.78 is 64.5. The number of nitrogens with one attached hydrogen (secondary N) is 1. The molecule has 11 heteroatoms. The smallest absolute Gasteiger partial charge is 0.356 e. The second kappa shape index (κ2) is 7.45. The summed E-state index contributed by atoms with van der Waals surface area (Å²) in [7, 11) is -1.68. The Morgan fingerprint density at radius 3 is 2.56 bits per heavy atom. The van der Waals surface area contributed by atoms with E-state index in [1.165, 1.54) is 10.6 Å². The van der Waals surface area contributed by atoms with Gasteiger partial charge in [0.2, 0.25) is 0 Å². The number of sulfone groups is 1. The molecule has 0 aliphatic carbocycles. The van der Waals surface area contributed by atoms with Crippen LogP contribution in [0.3, 0.4) is 0 Å². The van der Waals surface area contributed by atoms with Crippen LogP contribution in [0, 0.1) is 0 Å². The average Bonchev–Trinajstić information content (AvgIpc) is 3.12. The molecule has 1 aliphatic heterocycles. The summed E-state index contributed by atoms with van der Waals surface area (Å²) in [5.74, 6) is 0.118. The topological polar surface area (TPSA) is 88.1 Å². The predicted molar refractivity (Wildman–Crippen MR) is 123 cm³/mol. The minimum atomic E-state index is -4.51. The van der Waals surface area contributed by atoms with Crippen LogP contribution in [0.1, 0.15) is 16.7 Å². The molecule has 0 saturated carbocycles. The third kappa shape index (κ3) is 3.75. The number of anilines is 2. The SMILES string of the molecule is Cn1cc2c3c(c[nH]c3c1=O)CN(c1ccc(C(F)(F)F)cn1)c1ccc(CS(C)(=O)=O)cc1-2. The summed E-state index contributed by atoms with van der Waals surface area (Å²) in [6.45, 7) is 0.247. The first-order chi connectivity index (χ1) is 15.9. The fourth-order valence-corrected chi connectivity index (χ4v) is 5.15. The number of halogens is 3.